The predicted molar refractivity (Wildman–Crippen MR) is 126 cm³/mol. The molecule has 0 saturated carbocycles. The molecule has 0 radical (unpaired) electrons. The molecule has 0 amide bonds. The average Bonchev–Trinajstić information content (AvgIpc) is 2.74. The summed E-state index contributed by atoms with van der Waals surface area (Å²) < 4.78 is 73.1. The molecule has 0 aliphatic carbocycles. The topological polar surface area (TPSA) is 145 Å². The van der Waals surface area contributed by atoms with Crippen molar-refractivity contribution in [2.24, 2.45) is 0 Å². The lowest BCUT2D eigenvalue weighted by molar-refractivity contribution is 0.0461. The molecule has 3 rings (SSSR count). The Balaban J connectivity index is 2.04. The van der Waals surface area contributed by atoms with Gasteiger partial charge in [0.1, 0.15) is 0 Å². The molecule has 0 aliphatic heterocycles. The van der Waals surface area contributed by atoms with Crippen molar-refractivity contribution >= 4 is 17.7 Å². The number of nitrogens with zero attached hydrogens (tertiary/aromatic N) is 2. The minimum Gasteiger partial charge on any atom is -0.487 e. The number of aromatic nitrogens is 2. The normalized spacial score (nSPS) is 12.5. The van der Waals surface area contributed by atoms with E-state index in [1.54, 1.807) is 0 Å². The maximum atomic E-state index is 13.8. The molecule has 36 heavy (non-hydrogen) atoms. The van der Waals surface area contributed by atoms with Crippen molar-refractivity contribution in [1.29, 1.82) is 0 Å². The van der Waals surface area contributed by atoms with E-state index in [1.807, 2.05) is 0 Å². The summed E-state index contributed by atoms with van der Waals surface area (Å²) in [5.41, 5.74) is -1.67. The van der Waals surface area contributed by atoms with Gasteiger partial charge in [-0.25, -0.2) is 21.8 Å². The number of sulfone groups is 1. The summed E-state index contributed by atoms with van der Waals surface area (Å²) >= 11 is 0. The van der Waals surface area contributed by atoms with E-state index in [1.165, 1.54) is 44.3 Å². The van der Waals surface area contributed by atoms with Gasteiger partial charge in [0.15, 0.2) is 27.2 Å². The molecular formula is C22H23F2N2O8PS. The smallest absolute Gasteiger partial charge is 0.470 e. The highest BCUT2D eigenvalue weighted by molar-refractivity contribution is 7.90. The molecular weight excluding hydrogens is 521 g/mol. The zero-order valence-electron chi connectivity index (χ0n) is 19.4. The van der Waals surface area contributed by atoms with Gasteiger partial charge < -0.3 is 14.5 Å². The van der Waals surface area contributed by atoms with E-state index in [2.05, 4.69) is 5.10 Å². The van der Waals surface area contributed by atoms with Gasteiger partial charge in [0, 0.05) is 24.3 Å². The fourth-order valence-electron chi connectivity index (χ4n) is 3.23. The number of hydrogen-bond donors (Lipinski definition) is 2. The highest BCUT2D eigenvalue weighted by Gasteiger charge is 2.29. The van der Waals surface area contributed by atoms with E-state index in [9.17, 15) is 26.6 Å². The van der Waals surface area contributed by atoms with Crippen LogP contribution in [-0.2, 0) is 18.9 Å². The Morgan fingerprint density at radius 1 is 1.08 bits per heavy atom. The van der Waals surface area contributed by atoms with E-state index in [4.69, 9.17) is 19.0 Å². The van der Waals surface area contributed by atoms with Crippen molar-refractivity contribution in [1.82, 2.24) is 9.78 Å². The van der Waals surface area contributed by atoms with Crippen LogP contribution in [0.25, 0.3) is 16.8 Å². The second-order valence-electron chi connectivity index (χ2n) is 8.44. The third-order valence-corrected chi connectivity index (χ3v) is 6.85. The Bertz CT molecular complexity index is 1480. The van der Waals surface area contributed by atoms with Gasteiger partial charge in [0.2, 0.25) is 0 Å². The maximum Gasteiger partial charge on any atom is 0.470 e. The third-order valence-electron chi connectivity index (χ3n) is 4.99. The number of halogens is 2. The maximum absolute atomic E-state index is 13.8. The standard InChI is InChI=1S/C22H23F2N2O8PS/c1-22(2,34-35(28,29)30)10-11-33-20-17(14-4-7-16(8-5-14)36(3,31)32)13-25-26(21(20)27)15-6-9-18(23)19(24)12-15/h4-9,12-13H,10-11H2,1-3H3,(H2,28,29,30). The Kier molecular flexibility index (Phi) is 7.82. The molecule has 0 atom stereocenters. The van der Waals surface area contributed by atoms with Crippen LogP contribution >= 0.6 is 7.82 Å². The van der Waals surface area contributed by atoms with Gasteiger partial charge in [-0.2, -0.15) is 9.78 Å². The largest absolute Gasteiger partial charge is 0.487 e. The van der Waals surface area contributed by atoms with Gasteiger partial charge >= 0.3 is 13.4 Å². The highest BCUT2D eigenvalue weighted by atomic mass is 32.2. The van der Waals surface area contributed by atoms with Crippen molar-refractivity contribution in [3.05, 3.63) is 70.6 Å². The fourth-order valence-corrected chi connectivity index (χ4v) is 4.60. The molecule has 3 aromatic rings. The second kappa shape index (κ2) is 10.2. The Morgan fingerprint density at radius 3 is 2.28 bits per heavy atom. The Hall–Kier alpha value is -2.96. The van der Waals surface area contributed by atoms with E-state index in [0.717, 1.165) is 29.1 Å². The molecule has 2 N–H and O–H groups in total. The lowest BCUT2D eigenvalue weighted by Crippen LogP contribution is -2.28. The first-order valence-corrected chi connectivity index (χ1v) is 13.8. The summed E-state index contributed by atoms with van der Waals surface area (Å²) in [6.45, 7) is 2.62. The molecule has 0 fully saturated rings. The molecule has 0 saturated heterocycles. The lowest BCUT2D eigenvalue weighted by Gasteiger charge is -2.25. The molecule has 2 aromatic carbocycles. The lowest BCUT2D eigenvalue weighted by atomic mass is 10.1. The van der Waals surface area contributed by atoms with E-state index in [-0.39, 0.29) is 34.9 Å². The van der Waals surface area contributed by atoms with E-state index in [0.29, 0.717) is 5.56 Å². The van der Waals surface area contributed by atoms with Crippen molar-refractivity contribution < 1.29 is 40.8 Å². The van der Waals surface area contributed by atoms with Gasteiger partial charge in [-0.15, -0.1) is 0 Å². The van der Waals surface area contributed by atoms with Crippen LogP contribution in [-0.4, -0.2) is 46.4 Å². The van der Waals surface area contributed by atoms with Crippen molar-refractivity contribution in [2.45, 2.75) is 30.8 Å². The van der Waals surface area contributed by atoms with E-state index >= 15 is 0 Å². The van der Waals surface area contributed by atoms with Gasteiger partial charge in [0.05, 0.1) is 29.0 Å². The number of phosphoric acid groups is 1. The van der Waals surface area contributed by atoms with Crippen LogP contribution in [0.15, 0.2) is 58.4 Å². The summed E-state index contributed by atoms with van der Waals surface area (Å²) in [5.74, 6) is -2.56. The molecule has 0 unspecified atom stereocenters. The first-order chi connectivity index (χ1) is 16.6. The quantitative estimate of drug-likeness (QED) is 0.388. The van der Waals surface area contributed by atoms with Gasteiger partial charge in [-0.1, -0.05) is 12.1 Å². The molecule has 194 valence electrons. The van der Waals surface area contributed by atoms with Crippen LogP contribution in [0.4, 0.5) is 8.78 Å². The molecule has 1 aromatic heterocycles. The number of rotatable bonds is 9. The average molecular weight is 544 g/mol. The van der Waals surface area contributed by atoms with Gasteiger partial charge in [-0.05, 0) is 43.7 Å². The van der Waals surface area contributed by atoms with E-state index < -0.39 is 40.5 Å². The molecule has 0 aliphatic rings. The van der Waals surface area contributed by atoms with Crippen LogP contribution in [0.1, 0.15) is 20.3 Å². The zero-order valence-corrected chi connectivity index (χ0v) is 21.1. The monoisotopic (exact) mass is 544 g/mol. The predicted octanol–water partition coefficient (Wildman–Crippen LogP) is 3.24. The molecule has 14 heteroatoms. The number of benzene rings is 2. The summed E-state index contributed by atoms with van der Waals surface area (Å²) in [7, 11) is -8.26. The molecule has 0 bridgehead atoms. The van der Waals surface area contributed by atoms with Crippen LogP contribution in [0.2, 0.25) is 0 Å². The summed E-state index contributed by atoms with van der Waals surface area (Å²) in [6.07, 6.45) is 2.24. The fraction of sp³-hybridized carbons (Fsp3) is 0.273. The summed E-state index contributed by atoms with van der Waals surface area (Å²) in [6, 6.07) is 8.34. The van der Waals surface area contributed by atoms with Gasteiger partial charge in [-0.3, -0.25) is 9.32 Å². The van der Waals surface area contributed by atoms with Crippen LogP contribution < -0.4 is 10.3 Å². The van der Waals surface area contributed by atoms with Crippen molar-refractivity contribution in [3.63, 3.8) is 0 Å². The van der Waals surface area contributed by atoms with Crippen LogP contribution in [0, 0.1) is 11.6 Å². The van der Waals surface area contributed by atoms with Gasteiger partial charge in [0.25, 0.3) is 0 Å². The molecule has 1 heterocycles. The summed E-state index contributed by atoms with van der Waals surface area (Å²) in [4.78, 5) is 31.5. The first-order valence-electron chi connectivity index (χ1n) is 10.3. The minimum atomic E-state index is -4.79. The highest BCUT2D eigenvalue weighted by Crippen LogP contribution is 2.42. The molecule has 0 spiro atoms. The van der Waals surface area contributed by atoms with Crippen LogP contribution in [0.5, 0.6) is 5.75 Å². The second-order valence-corrected chi connectivity index (χ2v) is 11.6. The molecule has 10 nitrogen and oxygen atoms in total. The first kappa shape index (κ1) is 27.6. The number of ether oxygens (including phenoxy) is 1. The SMILES string of the molecule is CC(C)(CCOc1c(-c2ccc(S(C)(=O)=O)cc2)cnn(-c2ccc(F)c(F)c2)c1=O)OP(=O)(O)O. The summed E-state index contributed by atoms with van der Waals surface area (Å²) in [5, 5.41) is 4.02. The zero-order chi connectivity index (χ0) is 26.9. The Morgan fingerprint density at radius 2 is 1.72 bits per heavy atom. The minimum absolute atomic E-state index is 0.0441. The number of phosphoric ester groups is 1. The van der Waals surface area contributed by atoms with Crippen LogP contribution in [0.3, 0.4) is 0 Å². The van der Waals surface area contributed by atoms with Crippen molar-refractivity contribution in [2.75, 3.05) is 12.9 Å². The van der Waals surface area contributed by atoms with Crippen molar-refractivity contribution in [3.8, 4) is 22.6 Å². The third kappa shape index (κ3) is 6.83. The number of hydrogen-bond acceptors (Lipinski definition) is 7. The Labute approximate surface area is 205 Å².